The van der Waals surface area contributed by atoms with Crippen molar-refractivity contribution < 1.29 is 14.3 Å². The molecule has 0 aliphatic carbocycles. The average molecular weight is 489 g/mol. The first kappa shape index (κ1) is 23.7. The number of benzene rings is 4. The predicted octanol–water partition coefficient (Wildman–Crippen LogP) is 5.55. The van der Waals surface area contributed by atoms with E-state index in [2.05, 4.69) is 33.8 Å². The number of ether oxygens (including phenoxy) is 1. The Morgan fingerprint density at radius 3 is 2.46 bits per heavy atom. The van der Waals surface area contributed by atoms with E-state index in [0.717, 1.165) is 38.8 Å². The monoisotopic (exact) mass is 488 g/mol. The number of nitrogens with one attached hydrogen (secondary N) is 1. The van der Waals surface area contributed by atoms with Gasteiger partial charge in [-0.15, -0.1) is 0 Å². The molecule has 1 amide bonds. The Balaban J connectivity index is 1.47. The third-order valence-electron chi connectivity index (χ3n) is 5.97. The second-order valence-electron chi connectivity index (χ2n) is 8.51. The molecule has 37 heavy (non-hydrogen) atoms. The van der Waals surface area contributed by atoms with Crippen LogP contribution in [0.5, 0.6) is 0 Å². The molecule has 7 heteroatoms. The number of methoxy groups -OCH3 is 1. The fourth-order valence-corrected chi connectivity index (χ4v) is 4.14. The van der Waals surface area contributed by atoms with E-state index in [1.807, 2.05) is 55.5 Å². The highest BCUT2D eigenvalue weighted by Gasteiger charge is 2.18. The van der Waals surface area contributed by atoms with Gasteiger partial charge < -0.3 is 4.74 Å². The summed E-state index contributed by atoms with van der Waals surface area (Å²) >= 11 is 0. The van der Waals surface area contributed by atoms with Crippen LogP contribution in [0.1, 0.15) is 32.0 Å². The van der Waals surface area contributed by atoms with Crippen LogP contribution in [-0.2, 0) is 4.74 Å². The number of hydrogen-bond donors (Lipinski definition) is 1. The molecule has 0 fully saturated rings. The molecule has 7 nitrogen and oxygen atoms in total. The minimum absolute atomic E-state index is 0.239. The molecule has 0 atom stereocenters. The molecule has 0 bridgehead atoms. The number of carbonyl (C=O) groups is 2. The zero-order chi connectivity index (χ0) is 25.8. The largest absolute Gasteiger partial charge is 0.465 e. The smallest absolute Gasteiger partial charge is 0.337 e. The van der Waals surface area contributed by atoms with Crippen LogP contribution in [0.25, 0.3) is 27.7 Å². The molecule has 0 radical (unpaired) electrons. The molecular weight excluding hydrogens is 464 g/mol. The summed E-state index contributed by atoms with van der Waals surface area (Å²) in [4.78, 5) is 24.6. The molecule has 0 aliphatic heterocycles. The van der Waals surface area contributed by atoms with Crippen molar-refractivity contribution in [2.24, 2.45) is 5.10 Å². The number of nitrogens with zero attached hydrogens (tertiary/aromatic N) is 3. The number of esters is 1. The van der Waals surface area contributed by atoms with Crippen molar-refractivity contribution in [3.63, 3.8) is 0 Å². The van der Waals surface area contributed by atoms with Gasteiger partial charge in [-0.1, -0.05) is 66.7 Å². The summed E-state index contributed by atoms with van der Waals surface area (Å²) in [5.41, 5.74) is 7.66. The fraction of sp³-hybridized carbons (Fsp3) is 0.0667. The maximum atomic E-state index is 13.0. The molecule has 5 aromatic rings. The van der Waals surface area contributed by atoms with Crippen molar-refractivity contribution in [2.75, 3.05) is 7.11 Å². The SMILES string of the molecule is COC(=O)c1ccc(/C=N\NC(=O)c2cc(-c3cccc4ccccc34)n(-c3cccc(C)c3)n2)cc1. The molecule has 0 saturated carbocycles. The van der Waals surface area contributed by atoms with Crippen LogP contribution in [0.3, 0.4) is 0 Å². The van der Waals surface area contributed by atoms with Gasteiger partial charge in [-0.05, 0) is 59.2 Å². The first-order valence-electron chi connectivity index (χ1n) is 11.7. The van der Waals surface area contributed by atoms with E-state index in [4.69, 9.17) is 4.74 Å². The molecular formula is C30H24N4O3. The zero-order valence-corrected chi connectivity index (χ0v) is 20.4. The molecule has 1 heterocycles. The minimum atomic E-state index is -0.435. The van der Waals surface area contributed by atoms with Crippen LogP contribution >= 0.6 is 0 Å². The Morgan fingerprint density at radius 1 is 0.919 bits per heavy atom. The van der Waals surface area contributed by atoms with Gasteiger partial charge in [0.25, 0.3) is 5.91 Å². The van der Waals surface area contributed by atoms with Crippen LogP contribution in [0.2, 0.25) is 0 Å². The van der Waals surface area contributed by atoms with Crippen LogP contribution in [0, 0.1) is 6.92 Å². The summed E-state index contributed by atoms with van der Waals surface area (Å²) in [5.74, 6) is -0.849. The van der Waals surface area contributed by atoms with Gasteiger partial charge in [0.15, 0.2) is 5.69 Å². The maximum Gasteiger partial charge on any atom is 0.337 e. The number of fused-ring (bicyclic) bond motifs is 1. The molecule has 0 saturated heterocycles. The average Bonchev–Trinajstić information content (AvgIpc) is 3.38. The van der Waals surface area contributed by atoms with E-state index in [-0.39, 0.29) is 5.69 Å². The van der Waals surface area contributed by atoms with Crippen LogP contribution < -0.4 is 5.43 Å². The van der Waals surface area contributed by atoms with Crippen molar-refractivity contribution in [3.8, 4) is 16.9 Å². The van der Waals surface area contributed by atoms with E-state index in [1.54, 1.807) is 35.0 Å². The highest BCUT2D eigenvalue weighted by atomic mass is 16.5. The van der Waals surface area contributed by atoms with Crippen molar-refractivity contribution in [3.05, 3.63) is 119 Å². The summed E-state index contributed by atoms with van der Waals surface area (Å²) in [7, 11) is 1.33. The van der Waals surface area contributed by atoms with Gasteiger partial charge in [-0.3, -0.25) is 4.79 Å². The number of rotatable bonds is 6. The number of hydrogen-bond acceptors (Lipinski definition) is 5. The van der Waals surface area contributed by atoms with Crippen LogP contribution in [0.15, 0.2) is 102 Å². The van der Waals surface area contributed by atoms with E-state index in [0.29, 0.717) is 5.56 Å². The lowest BCUT2D eigenvalue weighted by Gasteiger charge is -2.10. The van der Waals surface area contributed by atoms with Crippen molar-refractivity contribution in [1.29, 1.82) is 0 Å². The summed E-state index contributed by atoms with van der Waals surface area (Å²) in [6, 6.07) is 30.7. The summed E-state index contributed by atoms with van der Waals surface area (Å²) < 4.78 is 6.50. The molecule has 0 unspecified atom stereocenters. The summed E-state index contributed by atoms with van der Waals surface area (Å²) in [5, 5.41) is 10.9. The minimum Gasteiger partial charge on any atom is -0.465 e. The molecule has 1 aromatic heterocycles. The van der Waals surface area contributed by atoms with Gasteiger partial charge in [-0.25, -0.2) is 14.9 Å². The number of amides is 1. The van der Waals surface area contributed by atoms with Gasteiger partial charge in [0, 0.05) is 5.56 Å². The standard InChI is InChI=1S/C30H24N4O3/c1-20-7-5-10-24(17-20)34-28(26-12-6-9-22-8-3-4-11-25(22)26)18-27(33-34)29(35)32-31-19-21-13-15-23(16-14-21)30(36)37-2/h3-19H,1-2H3,(H,32,35)/b31-19-. The number of carbonyl (C=O) groups excluding carboxylic acids is 2. The van der Waals surface area contributed by atoms with Crippen LogP contribution in [0.4, 0.5) is 0 Å². The third-order valence-corrected chi connectivity index (χ3v) is 5.97. The Kier molecular flexibility index (Phi) is 6.59. The van der Waals surface area contributed by atoms with E-state index in [1.165, 1.54) is 13.3 Å². The highest BCUT2D eigenvalue weighted by molar-refractivity contribution is 5.99. The summed E-state index contributed by atoms with van der Waals surface area (Å²) in [6.07, 6.45) is 1.50. The molecule has 182 valence electrons. The third kappa shape index (κ3) is 5.01. The molecule has 4 aromatic carbocycles. The maximum absolute atomic E-state index is 13.0. The van der Waals surface area contributed by atoms with E-state index in [9.17, 15) is 9.59 Å². The van der Waals surface area contributed by atoms with Crippen molar-refractivity contribution in [1.82, 2.24) is 15.2 Å². The number of aromatic nitrogens is 2. The quantitative estimate of drug-likeness (QED) is 0.193. The van der Waals surface area contributed by atoms with Gasteiger partial charge in [0.2, 0.25) is 0 Å². The molecule has 0 spiro atoms. The van der Waals surface area contributed by atoms with Gasteiger partial charge in [-0.2, -0.15) is 10.2 Å². The number of hydrazone groups is 1. The first-order valence-corrected chi connectivity index (χ1v) is 11.7. The van der Waals surface area contributed by atoms with Gasteiger partial charge in [0.1, 0.15) is 0 Å². The van der Waals surface area contributed by atoms with Gasteiger partial charge >= 0.3 is 5.97 Å². The Hall–Kier alpha value is -5.04. The molecule has 1 N–H and O–H groups in total. The normalized spacial score (nSPS) is 11.1. The highest BCUT2D eigenvalue weighted by Crippen LogP contribution is 2.31. The van der Waals surface area contributed by atoms with E-state index < -0.39 is 11.9 Å². The topological polar surface area (TPSA) is 85.6 Å². The van der Waals surface area contributed by atoms with Gasteiger partial charge in [0.05, 0.1) is 30.3 Å². The van der Waals surface area contributed by atoms with E-state index >= 15 is 0 Å². The lowest BCUT2D eigenvalue weighted by Crippen LogP contribution is -2.18. The predicted molar refractivity (Wildman–Crippen MR) is 144 cm³/mol. The van der Waals surface area contributed by atoms with Crippen molar-refractivity contribution in [2.45, 2.75) is 6.92 Å². The lowest BCUT2D eigenvalue weighted by atomic mass is 10.0. The second kappa shape index (κ2) is 10.3. The zero-order valence-electron chi connectivity index (χ0n) is 20.4. The Labute approximate surface area is 214 Å². The Morgan fingerprint density at radius 2 is 1.68 bits per heavy atom. The van der Waals surface area contributed by atoms with Crippen molar-refractivity contribution >= 4 is 28.9 Å². The lowest BCUT2D eigenvalue weighted by molar-refractivity contribution is 0.0600. The second-order valence-corrected chi connectivity index (χ2v) is 8.51. The first-order chi connectivity index (χ1) is 18.0. The van der Waals surface area contributed by atoms with Crippen LogP contribution in [-0.4, -0.2) is 35.0 Å². The Bertz CT molecular complexity index is 1630. The number of aryl methyl sites for hydroxylation is 1. The fourth-order valence-electron chi connectivity index (χ4n) is 4.14. The molecule has 0 aliphatic rings. The summed E-state index contributed by atoms with van der Waals surface area (Å²) in [6.45, 7) is 2.02. The molecule has 5 rings (SSSR count).